The lowest BCUT2D eigenvalue weighted by Gasteiger charge is -2.10. The zero-order chi connectivity index (χ0) is 12.4. The van der Waals surface area contributed by atoms with E-state index in [2.05, 4.69) is 5.32 Å². The summed E-state index contributed by atoms with van der Waals surface area (Å²) in [7, 11) is 0. The van der Waals surface area contributed by atoms with Crippen molar-refractivity contribution in [2.24, 2.45) is 0 Å². The van der Waals surface area contributed by atoms with Crippen molar-refractivity contribution in [2.45, 2.75) is 0 Å². The van der Waals surface area contributed by atoms with Gasteiger partial charge < -0.3 is 11.1 Å². The lowest BCUT2D eigenvalue weighted by atomic mass is 10.2. The maximum Gasteiger partial charge on any atom is 0.0633 e. The summed E-state index contributed by atoms with van der Waals surface area (Å²) in [5, 5.41) is 4.66. The highest BCUT2D eigenvalue weighted by atomic mass is 35.5. The first-order valence-electron chi connectivity index (χ1n) is 4.83. The number of nitrogen functional groups attached to an aromatic ring is 1. The van der Waals surface area contributed by atoms with E-state index in [1.165, 1.54) is 0 Å². The molecule has 0 aliphatic heterocycles. The van der Waals surface area contributed by atoms with Gasteiger partial charge >= 0.3 is 0 Å². The number of benzene rings is 2. The highest BCUT2D eigenvalue weighted by molar-refractivity contribution is 6.42. The van der Waals surface area contributed by atoms with Crippen molar-refractivity contribution >= 4 is 51.9 Å². The fraction of sp³-hybridized carbons (Fsp3) is 0. The third-order valence-electron chi connectivity index (χ3n) is 2.20. The van der Waals surface area contributed by atoms with E-state index in [1.807, 2.05) is 12.1 Å². The van der Waals surface area contributed by atoms with Crippen molar-refractivity contribution in [3.63, 3.8) is 0 Å². The lowest BCUT2D eigenvalue weighted by molar-refractivity contribution is 1.54. The second-order valence-electron chi connectivity index (χ2n) is 3.49. The van der Waals surface area contributed by atoms with Crippen molar-refractivity contribution in [3.05, 3.63) is 51.5 Å². The molecule has 17 heavy (non-hydrogen) atoms. The first-order chi connectivity index (χ1) is 8.06. The fourth-order valence-corrected chi connectivity index (χ4v) is 1.92. The summed E-state index contributed by atoms with van der Waals surface area (Å²) in [6.07, 6.45) is 0. The van der Waals surface area contributed by atoms with E-state index in [-0.39, 0.29) is 0 Å². The molecule has 5 heteroatoms. The van der Waals surface area contributed by atoms with Crippen LogP contribution in [0.1, 0.15) is 0 Å². The molecule has 0 bridgehead atoms. The molecule has 0 aliphatic rings. The zero-order valence-corrected chi connectivity index (χ0v) is 10.9. The van der Waals surface area contributed by atoms with Crippen LogP contribution in [0, 0.1) is 0 Å². The summed E-state index contributed by atoms with van der Waals surface area (Å²) in [6.45, 7) is 0. The molecule has 2 aromatic carbocycles. The number of rotatable bonds is 2. The Hall–Kier alpha value is -1.09. The highest BCUT2D eigenvalue weighted by Gasteiger charge is 2.05. The van der Waals surface area contributed by atoms with Gasteiger partial charge in [0.05, 0.1) is 21.4 Å². The SMILES string of the molecule is Nc1cc(Cl)c(Cl)cc1Nc1cccc(Cl)c1. The van der Waals surface area contributed by atoms with E-state index >= 15 is 0 Å². The molecule has 0 saturated heterocycles. The molecule has 0 radical (unpaired) electrons. The first kappa shape index (κ1) is 12.4. The van der Waals surface area contributed by atoms with Crippen LogP contribution in [0.15, 0.2) is 36.4 Å². The smallest absolute Gasteiger partial charge is 0.0633 e. The van der Waals surface area contributed by atoms with Crippen LogP contribution in [0.5, 0.6) is 0 Å². The maximum atomic E-state index is 5.93. The second-order valence-corrected chi connectivity index (χ2v) is 4.74. The number of nitrogens with two attached hydrogens (primary N) is 1. The summed E-state index contributed by atoms with van der Waals surface area (Å²) >= 11 is 17.7. The molecule has 0 aromatic heterocycles. The van der Waals surface area contributed by atoms with Gasteiger partial charge in [-0.3, -0.25) is 0 Å². The molecule has 2 aromatic rings. The van der Waals surface area contributed by atoms with Crippen LogP contribution >= 0.6 is 34.8 Å². The summed E-state index contributed by atoms with van der Waals surface area (Å²) in [5.74, 6) is 0. The minimum absolute atomic E-state index is 0.431. The molecule has 2 nitrogen and oxygen atoms in total. The van der Waals surface area contributed by atoms with Crippen molar-refractivity contribution in [1.82, 2.24) is 0 Å². The Morgan fingerprint density at radius 3 is 2.35 bits per heavy atom. The molecule has 0 fully saturated rings. The lowest BCUT2D eigenvalue weighted by Crippen LogP contribution is -1.96. The van der Waals surface area contributed by atoms with Gasteiger partial charge in [-0.1, -0.05) is 40.9 Å². The predicted octanol–water partition coefficient (Wildman–Crippen LogP) is 4.97. The van der Waals surface area contributed by atoms with Crippen molar-refractivity contribution in [1.29, 1.82) is 0 Å². The Labute approximate surface area is 114 Å². The minimum Gasteiger partial charge on any atom is -0.397 e. The summed E-state index contributed by atoms with van der Waals surface area (Å²) < 4.78 is 0. The Morgan fingerprint density at radius 2 is 1.65 bits per heavy atom. The number of hydrogen-bond donors (Lipinski definition) is 2. The molecule has 0 amide bonds. The Morgan fingerprint density at radius 1 is 0.941 bits per heavy atom. The van der Waals surface area contributed by atoms with Gasteiger partial charge in [0, 0.05) is 10.7 Å². The van der Waals surface area contributed by atoms with Crippen LogP contribution in [0.3, 0.4) is 0 Å². The van der Waals surface area contributed by atoms with Gasteiger partial charge in [0.25, 0.3) is 0 Å². The van der Waals surface area contributed by atoms with Crippen LogP contribution in [-0.4, -0.2) is 0 Å². The van der Waals surface area contributed by atoms with Crippen molar-refractivity contribution in [3.8, 4) is 0 Å². The topological polar surface area (TPSA) is 38.0 Å². The monoisotopic (exact) mass is 286 g/mol. The first-order valence-corrected chi connectivity index (χ1v) is 5.97. The van der Waals surface area contributed by atoms with Crippen LogP contribution in [0.25, 0.3) is 0 Å². The molecular weight excluding hydrogens is 279 g/mol. The molecule has 2 rings (SSSR count). The van der Waals surface area contributed by atoms with Crippen LogP contribution in [0.2, 0.25) is 15.1 Å². The van der Waals surface area contributed by atoms with Crippen molar-refractivity contribution < 1.29 is 0 Å². The van der Waals surface area contributed by atoms with E-state index in [4.69, 9.17) is 40.5 Å². The number of anilines is 3. The van der Waals surface area contributed by atoms with Gasteiger partial charge in [-0.2, -0.15) is 0 Å². The summed E-state index contributed by atoms with van der Waals surface area (Å²) in [4.78, 5) is 0. The third-order valence-corrected chi connectivity index (χ3v) is 3.15. The van der Waals surface area contributed by atoms with Gasteiger partial charge in [-0.25, -0.2) is 0 Å². The van der Waals surface area contributed by atoms with Crippen molar-refractivity contribution in [2.75, 3.05) is 11.1 Å². The molecule has 0 heterocycles. The molecule has 0 unspecified atom stereocenters. The van der Waals surface area contributed by atoms with E-state index in [0.29, 0.717) is 26.4 Å². The van der Waals surface area contributed by atoms with E-state index in [0.717, 1.165) is 5.69 Å². The normalized spacial score (nSPS) is 10.3. The van der Waals surface area contributed by atoms with Crippen LogP contribution in [-0.2, 0) is 0 Å². The van der Waals surface area contributed by atoms with Gasteiger partial charge in [-0.15, -0.1) is 0 Å². The molecule has 3 N–H and O–H groups in total. The van der Waals surface area contributed by atoms with Crippen LogP contribution in [0.4, 0.5) is 17.1 Å². The molecule has 0 saturated carbocycles. The number of halogens is 3. The molecule has 88 valence electrons. The molecule has 0 aliphatic carbocycles. The van der Waals surface area contributed by atoms with Crippen LogP contribution < -0.4 is 11.1 Å². The van der Waals surface area contributed by atoms with Gasteiger partial charge in [0.15, 0.2) is 0 Å². The van der Waals surface area contributed by atoms with E-state index in [1.54, 1.807) is 24.3 Å². The summed E-state index contributed by atoms with van der Waals surface area (Å²) in [6, 6.07) is 10.6. The Bertz CT molecular complexity index is 555. The molecule has 0 spiro atoms. The average molecular weight is 288 g/mol. The zero-order valence-electron chi connectivity index (χ0n) is 8.68. The minimum atomic E-state index is 0.431. The van der Waals surface area contributed by atoms with Gasteiger partial charge in [0.1, 0.15) is 0 Å². The highest BCUT2D eigenvalue weighted by Crippen LogP contribution is 2.32. The third kappa shape index (κ3) is 2.97. The predicted molar refractivity (Wildman–Crippen MR) is 75.6 cm³/mol. The quantitative estimate of drug-likeness (QED) is 0.765. The molecule has 0 atom stereocenters. The van der Waals surface area contributed by atoms with Gasteiger partial charge in [-0.05, 0) is 30.3 Å². The van der Waals surface area contributed by atoms with E-state index < -0.39 is 0 Å². The fourth-order valence-electron chi connectivity index (χ4n) is 1.39. The standard InChI is InChI=1S/C12H9Cl3N2/c13-7-2-1-3-8(4-7)17-12-6-10(15)9(14)5-11(12)16/h1-6,17H,16H2. The molecular formula is C12H9Cl3N2. The average Bonchev–Trinajstić information content (AvgIpc) is 2.26. The van der Waals surface area contributed by atoms with Gasteiger partial charge in [0.2, 0.25) is 0 Å². The largest absolute Gasteiger partial charge is 0.397 e. The second kappa shape index (κ2) is 5.05. The summed E-state index contributed by atoms with van der Waals surface area (Å²) in [5.41, 5.74) is 7.90. The van der Waals surface area contributed by atoms with E-state index in [9.17, 15) is 0 Å². The number of hydrogen-bond acceptors (Lipinski definition) is 2. The number of nitrogens with one attached hydrogen (secondary N) is 1. The Kier molecular flexibility index (Phi) is 3.67. The maximum absolute atomic E-state index is 5.93. The Balaban J connectivity index is 2.33.